The Balaban J connectivity index is 0.000000172. The van der Waals surface area contributed by atoms with Gasteiger partial charge in [-0.1, -0.05) is 6.07 Å². The van der Waals surface area contributed by atoms with Crippen molar-refractivity contribution < 1.29 is 45.5 Å². The summed E-state index contributed by atoms with van der Waals surface area (Å²) < 4.78 is 59.4. The third kappa shape index (κ3) is 31.2. The smallest absolute Gasteiger partial charge is 0.275 e. The second kappa shape index (κ2) is 44.7. The van der Waals surface area contributed by atoms with Crippen molar-refractivity contribution in [1.82, 2.24) is 51.6 Å². The van der Waals surface area contributed by atoms with Gasteiger partial charge in [0, 0.05) is 131 Å². The van der Waals surface area contributed by atoms with Gasteiger partial charge in [0.1, 0.15) is 20.2 Å². The van der Waals surface area contributed by atoms with E-state index in [-0.39, 0.29) is 35.1 Å². The Morgan fingerprint density at radius 3 is 1.54 bits per heavy atom. The minimum absolute atomic E-state index is 0.0510. The number of piperidine rings is 1. The zero-order valence-corrected chi connectivity index (χ0v) is 65.1. The highest BCUT2D eigenvalue weighted by Gasteiger charge is 2.21. The van der Waals surface area contributed by atoms with Gasteiger partial charge in [0.05, 0.1) is 63.9 Å². The molecule has 550 valence electrons. The van der Waals surface area contributed by atoms with Gasteiger partial charge in [-0.15, -0.1) is 68.0 Å². The van der Waals surface area contributed by atoms with E-state index >= 15 is 0 Å². The fraction of sp³-hybridized carbons (Fsp3) is 0.403. The molecule has 102 heavy (non-hydrogen) atoms. The standard InChI is InChI=1S/C13H20N2O2S.C13H14N2OS.C12H13N3OS.C12H17NO2S.C11H18N2O2S2.C11H12N2O2S2/c1-11-3-4-12(18-11)13(16)14-5-2-6-15-7-9-17-10-8-15;1-10-2-3-13(17-10)12(16)6-9-15-11-4-7-14-8-5-11;1-9-5-6-11(17-9)12(16)15-14-8-10-4-2-3-7-13-10;1-10-2-3-12(16-10)11(14)4-5-13-6-8-15-9-7-13;1-9-2-3-11(16-9)17(14,15)8-13-10-4-6-12-7-5-10;1-9-4-5-11(16-9)17(14,15)8-13-10-3-2-6-12-7-10/h3-4H,2,5-10H2,1H3,(H,14,16);2-5,7-8H,6,9H2,1H3,(H,14,15);2-7,14H,8H2,1H3,(H,15,16);2-3H,4-9H2,1H3;2-3,10,12-13H,4-8H2,1H3;2-7,13H,8H2,1H3. The number of anilines is 2. The number of sulfone groups is 2. The van der Waals surface area contributed by atoms with Crippen LogP contribution in [0.3, 0.4) is 0 Å². The predicted octanol–water partition coefficient (Wildman–Crippen LogP) is 11.9. The zero-order valence-electron chi connectivity index (χ0n) is 58.6. The van der Waals surface area contributed by atoms with Crippen LogP contribution in [0.1, 0.15) is 106 Å². The number of aromatic nitrogens is 3. The SMILES string of the molecule is Cc1ccc(C(=O)CCN2CCOCC2)s1.Cc1ccc(C(=O)CCNc2ccncc2)s1.Cc1ccc(C(=O)NCCCN2CCOCC2)s1.Cc1ccc(C(=O)NNCc2ccccn2)s1.Cc1ccc(S(=O)(=O)CNC2CCNCC2)s1.Cc1ccc(S(=O)(=O)CNc2cccnc2)s1. The third-order valence-electron chi connectivity index (χ3n) is 15.4. The lowest BCUT2D eigenvalue weighted by atomic mass is 10.1. The molecule has 0 atom stereocenters. The molecule has 9 aromatic heterocycles. The first-order valence-electron chi connectivity index (χ1n) is 33.6. The minimum Gasteiger partial charge on any atom is -0.384 e. The summed E-state index contributed by atoms with van der Waals surface area (Å²) in [6, 6.07) is 35.7. The Labute approximate surface area is 624 Å². The molecule has 0 bridgehead atoms. The van der Waals surface area contributed by atoms with Crippen molar-refractivity contribution in [2.45, 2.75) is 94.7 Å². The van der Waals surface area contributed by atoms with Crippen LogP contribution in [0.15, 0.2) is 155 Å². The van der Waals surface area contributed by atoms with E-state index in [1.807, 2.05) is 133 Å². The van der Waals surface area contributed by atoms with Crippen molar-refractivity contribution in [3.63, 3.8) is 0 Å². The second-order valence-electron chi connectivity index (χ2n) is 23.7. The van der Waals surface area contributed by atoms with E-state index in [0.29, 0.717) is 51.0 Å². The molecule has 22 nitrogen and oxygen atoms in total. The molecule has 0 saturated carbocycles. The third-order valence-corrected chi connectivity index (χ3v) is 25.7. The van der Waals surface area contributed by atoms with Crippen molar-refractivity contribution in [2.24, 2.45) is 0 Å². The maximum Gasteiger partial charge on any atom is 0.275 e. The molecule has 12 rings (SSSR count). The summed E-state index contributed by atoms with van der Waals surface area (Å²) in [5.41, 5.74) is 8.07. The van der Waals surface area contributed by atoms with Gasteiger partial charge in [-0.2, -0.15) is 0 Å². The number of hydrazine groups is 1. The van der Waals surface area contributed by atoms with E-state index in [2.05, 4.69) is 62.2 Å². The number of morpholine rings is 2. The summed E-state index contributed by atoms with van der Waals surface area (Å²) in [5, 5.41) is 15.4. The summed E-state index contributed by atoms with van der Waals surface area (Å²) in [4.78, 5) is 73.7. The highest BCUT2D eigenvalue weighted by molar-refractivity contribution is 7.93. The van der Waals surface area contributed by atoms with Crippen LogP contribution < -0.4 is 37.4 Å². The molecule has 2 amide bonds. The van der Waals surface area contributed by atoms with Gasteiger partial charge in [0.25, 0.3) is 11.8 Å². The lowest BCUT2D eigenvalue weighted by Crippen LogP contribution is -2.41. The minimum atomic E-state index is -3.26. The number of ether oxygens (including phenoxy) is 2. The molecule has 3 aliphatic heterocycles. The fourth-order valence-electron chi connectivity index (χ4n) is 9.80. The summed E-state index contributed by atoms with van der Waals surface area (Å²) in [6.45, 7) is 24.8. The molecule has 0 aliphatic carbocycles. The Kier molecular flexibility index (Phi) is 36.1. The summed E-state index contributed by atoms with van der Waals surface area (Å²) in [7, 11) is -6.41. The Bertz CT molecular complexity index is 4050. The van der Waals surface area contributed by atoms with Crippen molar-refractivity contribution in [3.8, 4) is 0 Å². The lowest BCUT2D eigenvalue weighted by Gasteiger charge is -2.26. The number of Topliss-reactive ketones (excluding diaryl/α,β-unsaturated/α-hetero) is 2. The largest absolute Gasteiger partial charge is 0.384 e. The van der Waals surface area contributed by atoms with Crippen LogP contribution in [-0.2, 0) is 35.7 Å². The maximum atomic E-state index is 12.0. The monoisotopic (exact) mass is 1540 g/mol. The summed E-state index contributed by atoms with van der Waals surface area (Å²) in [5.74, 6) is 0.347. The normalized spacial score (nSPS) is 14.1. The number of carbonyl (C=O) groups is 4. The molecule has 0 unspecified atom stereocenters. The number of nitrogens with one attached hydrogen (secondary N) is 7. The van der Waals surface area contributed by atoms with E-state index in [1.54, 1.807) is 89.3 Å². The Morgan fingerprint density at radius 1 is 0.510 bits per heavy atom. The molecule has 0 radical (unpaired) electrons. The molecule has 0 aromatic carbocycles. The average molecular weight is 1540 g/mol. The number of hydrogen-bond donors (Lipinski definition) is 7. The molecule has 9 aromatic rings. The van der Waals surface area contributed by atoms with Gasteiger partial charge in [-0.25, -0.2) is 22.3 Å². The van der Waals surface area contributed by atoms with Gasteiger partial charge in [0.2, 0.25) is 19.7 Å². The van der Waals surface area contributed by atoms with E-state index in [4.69, 9.17) is 9.47 Å². The maximum absolute atomic E-state index is 12.0. The molecule has 3 saturated heterocycles. The van der Waals surface area contributed by atoms with E-state index in [0.717, 1.165) is 145 Å². The van der Waals surface area contributed by atoms with Crippen molar-refractivity contribution in [2.75, 3.05) is 114 Å². The number of aryl methyl sites for hydroxylation is 6. The van der Waals surface area contributed by atoms with Crippen LogP contribution in [0.5, 0.6) is 0 Å². The van der Waals surface area contributed by atoms with Gasteiger partial charge >= 0.3 is 0 Å². The van der Waals surface area contributed by atoms with E-state index in [9.17, 15) is 36.0 Å². The van der Waals surface area contributed by atoms with Crippen molar-refractivity contribution in [3.05, 3.63) is 201 Å². The molecular formula is C72H94N12O10S8. The van der Waals surface area contributed by atoms with Crippen LogP contribution in [0.2, 0.25) is 0 Å². The molecule has 3 aliphatic rings. The first-order valence-corrected chi connectivity index (χ1v) is 41.8. The molecule has 12 heterocycles. The van der Waals surface area contributed by atoms with E-state index in [1.165, 1.54) is 48.6 Å². The number of carbonyl (C=O) groups excluding carboxylic acids is 4. The van der Waals surface area contributed by atoms with Crippen LogP contribution in [-0.4, -0.2) is 175 Å². The number of pyridine rings is 3. The molecule has 0 spiro atoms. The summed E-state index contributed by atoms with van der Waals surface area (Å²) >= 11 is 8.79. The van der Waals surface area contributed by atoms with Crippen LogP contribution in [0.4, 0.5) is 11.4 Å². The Hall–Kier alpha value is -6.85. The van der Waals surface area contributed by atoms with Crippen molar-refractivity contribution in [1.29, 1.82) is 0 Å². The van der Waals surface area contributed by atoms with Crippen LogP contribution in [0, 0.1) is 41.5 Å². The number of nitrogens with zero attached hydrogens (tertiary/aromatic N) is 5. The number of ketones is 2. The molecule has 7 N–H and O–H groups in total. The molecular weight excluding hydrogens is 1450 g/mol. The number of rotatable bonds is 26. The number of hydrogen-bond acceptors (Lipinski definition) is 26. The second-order valence-corrected chi connectivity index (χ2v) is 35.9. The predicted molar refractivity (Wildman–Crippen MR) is 416 cm³/mol. The van der Waals surface area contributed by atoms with Gasteiger partial charge < -0.3 is 36.1 Å². The quantitative estimate of drug-likeness (QED) is 0.0151. The summed E-state index contributed by atoms with van der Waals surface area (Å²) in [6.07, 6.45) is 12.6. The first-order chi connectivity index (χ1) is 49.2. The highest BCUT2D eigenvalue weighted by Crippen LogP contribution is 2.24. The topological polar surface area (TPSA) is 284 Å². The van der Waals surface area contributed by atoms with Crippen molar-refractivity contribution >= 4 is 122 Å². The van der Waals surface area contributed by atoms with Crippen LogP contribution in [0.25, 0.3) is 0 Å². The van der Waals surface area contributed by atoms with Gasteiger partial charge in [-0.3, -0.25) is 49.4 Å². The molecule has 3 fully saturated rings. The van der Waals surface area contributed by atoms with Gasteiger partial charge in [-0.05, 0) is 190 Å². The van der Waals surface area contributed by atoms with Crippen LogP contribution >= 0.6 is 68.0 Å². The fourth-order valence-corrected chi connectivity index (χ4v) is 18.0. The molecule has 30 heteroatoms. The number of amides is 2. The van der Waals surface area contributed by atoms with Gasteiger partial charge in [0.15, 0.2) is 11.6 Å². The first kappa shape index (κ1) is 82.4. The lowest BCUT2D eigenvalue weighted by molar-refractivity contribution is 0.0370. The van der Waals surface area contributed by atoms with E-state index < -0.39 is 19.7 Å². The number of thiophene rings is 6. The highest BCUT2D eigenvalue weighted by atomic mass is 32.2. The average Bonchev–Trinajstić information content (AvgIpc) is 1.66. The Morgan fingerprint density at radius 2 is 1.03 bits per heavy atom. The zero-order chi connectivity index (χ0) is 73.0.